The number of pyridine rings is 2. The number of anilines is 2. The molecule has 6 heteroatoms. The zero-order valence-electron chi connectivity index (χ0n) is 12.1. The number of rotatable bonds is 6. The van der Waals surface area contributed by atoms with Crippen molar-refractivity contribution in [2.45, 2.75) is 13.3 Å². The molecule has 2 aromatic rings. The van der Waals surface area contributed by atoms with Gasteiger partial charge in [-0.1, -0.05) is 6.92 Å². The summed E-state index contributed by atoms with van der Waals surface area (Å²) in [4.78, 5) is 20.2. The molecule has 0 saturated heterocycles. The number of aromatic nitrogens is 2. The molecule has 1 amide bonds. The van der Waals surface area contributed by atoms with E-state index in [2.05, 4.69) is 27.5 Å². The molecule has 0 aromatic carbocycles. The van der Waals surface area contributed by atoms with Crippen molar-refractivity contribution in [3.63, 3.8) is 0 Å². The Morgan fingerprint density at radius 1 is 1.14 bits per heavy atom. The molecular weight excluding hydrogens is 268 g/mol. The van der Waals surface area contributed by atoms with Crippen molar-refractivity contribution in [3.05, 3.63) is 42.4 Å². The van der Waals surface area contributed by atoms with Gasteiger partial charge in [0, 0.05) is 12.6 Å². The fourth-order valence-electron chi connectivity index (χ4n) is 1.67. The third kappa shape index (κ3) is 4.17. The number of carbonyl (C=O) groups is 1. The van der Waals surface area contributed by atoms with E-state index in [-0.39, 0.29) is 5.91 Å². The molecule has 0 unspecified atom stereocenters. The van der Waals surface area contributed by atoms with Crippen LogP contribution < -0.4 is 15.4 Å². The standard InChI is InChI=1S/C15H18N4O2/c1-3-8-16-11-4-6-13(17-9-11)15(20)19-12-5-7-14(21-2)18-10-12/h4-7,9-10,16H,3,8H2,1-2H3,(H,19,20). The number of hydrogen-bond donors (Lipinski definition) is 2. The molecule has 0 fully saturated rings. The van der Waals surface area contributed by atoms with Gasteiger partial charge in [0.2, 0.25) is 5.88 Å². The van der Waals surface area contributed by atoms with Gasteiger partial charge < -0.3 is 15.4 Å². The molecule has 6 nitrogen and oxygen atoms in total. The van der Waals surface area contributed by atoms with Crippen LogP contribution >= 0.6 is 0 Å². The lowest BCUT2D eigenvalue weighted by atomic mass is 10.3. The van der Waals surface area contributed by atoms with Gasteiger partial charge in [-0.25, -0.2) is 9.97 Å². The molecule has 0 radical (unpaired) electrons. The first-order chi connectivity index (χ1) is 10.2. The van der Waals surface area contributed by atoms with Gasteiger partial charge >= 0.3 is 0 Å². The summed E-state index contributed by atoms with van der Waals surface area (Å²) in [6, 6.07) is 6.93. The van der Waals surface area contributed by atoms with Gasteiger partial charge in [0.25, 0.3) is 5.91 Å². The molecule has 2 heterocycles. The molecule has 0 aliphatic rings. The van der Waals surface area contributed by atoms with E-state index in [1.165, 1.54) is 6.20 Å². The second-order valence-electron chi connectivity index (χ2n) is 4.40. The van der Waals surface area contributed by atoms with Gasteiger partial charge in [-0.15, -0.1) is 0 Å². The molecule has 0 spiro atoms. The highest BCUT2D eigenvalue weighted by molar-refractivity contribution is 6.02. The van der Waals surface area contributed by atoms with Gasteiger partial charge in [0.05, 0.1) is 30.9 Å². The fraction of sp³-hybridized carbons (Fsp3) is 0.267. The third-order valence-corrected chi connectivity index (χ3v) is 2.78. The molecule has 2 rings (SSSR count). The van der Waals surface area contributed by atoms with Crippen LogP contribution in [0.3, 0.4) is 0 Å². The van der Waals surface area contributed by atoms with Crippen molar-refractivity contribution in [1.82, 2.24) is 9.97 Å². The van der Waals surface area contributed by atoms with Crippen molar-refractivity contribution in [3.8, 4) is 5.88 Å². The monoisotopic (exact) mass is 286 g/mol. The summed E-state index contributed by atoms with van der Waals surface area (Å²) in [6.45, 7) is 2.97. The van der Waals surface area contributed by atoms with Crippen LogP contribution in [0.5, 0.6) is 5.88 Å². The van der Waals surface area contributed by atoms with Crippen LogP contribution in [0, 0.1) is 0 Å². The van der Waals surface area contributed by atoms with Gasteiger partial charge in [0.1, 0.15) is 5.69 Å². The zero-order chi connectivity index (χ0) is 15.1. The molecule has 0 atom stereocenters. The van der Waals surface area contributed by atoms with Crippen molar-refractivity contribution < 1.29 is 9.53 Å². The number of nitrogens with one attached hydrogen (secondary N) is 2. The summed E-state index contributed by atoms with van der Waals surface area (Å²) >= 11 is 0. The maximum absolute atomic E-state index is 12.0. The highest BCUT2D eigenvalue weighted by atomic mass is 16.5. The van der Waals surface area contributed by atoms with Crippen LogP contribution in [0.25, 0.3) is 0 Å². The summed E-state index contributed by atoms with van der Waals surface area (Å²) in [6.07, 6.45) is 4.22. The maximum Gasteiger partial charge on any atom is 0.274 e. The van der Waals surface area contributed by atoms with Crippen molar-refractivity contribution in [2.75, 3.05) is 24.3 Å². The number of methoxy groups -OCH3 is 1. The summed E-state index contributed by atoms with van der Waals surface area (Å²) in [5.74, 6) is 0.224. The van der Waals surface area contributed by atoms with E-state index in [0.717, 1.165) is 18.7 Å². The van der Waals surface area contributed by atoms with E-state index in [1.54, 1.807) is 31.5 Å². The van der Waals surface area contributed by atoms with E-state index in [9.17, 15) is 4.79 Å². The molecule has 0 aliphatic carbocycles. The first kappa shape index (κ1) is 14.8. The first-order valence-electron chi connectivity index (χ1n) is 6.74. The minimum absolute atomic E-state index is 0.274. The molecular formula is C15H18N4O2. The number of carbonyl (C=O) groups excluding carboxylic acids is 1. The second kappa shape index (κ2) is 7.23. The Labute approximate surface area is 123 Å². The smallest absolute Gasteiger partial charge is 0.274 e. The molecule has 0 saturated carbocycles. The summed E-state index contributed by atoms with van der Waals surface area (Å²) in [7, 11) is 1.54. The Kier molecular flexibility index (Phi) is 5.09. The maximum atomic E-state index is 12.0. The molecule has 0 bridgehead atoms. The Morgan fingerprint density at radius 3 is 2.48 bits per heavy atom. The topological polar surface area (TPSA) is 76.1 Å². The van der Waals surface area contributed by atoms with E-state index >= 15 is 0 Å². The van der Waals surface area contributed by atoms with Crippen LogP contribution in [-0.2, 0) is 0 Å². The minimum Gasteiger partial charge on any atom is -0.481 e. The van der Waals surface area contributed by atoms with Crippen molar-refractivity contribution >= 4 is 17.3 Å². The molecule has 21 heavy (non-hydrogen) atoms. The number of nitrogens with zero attached hydrogens (tertiary/aromatic N) is 2. The Bertz CT molecular complexity index is 582. The van der Waals surface area contributed by atoms with Crippen LogP contribution in [0.2, 0.25) is 0 Å². The summed E-state index contributed by atoms with van der Waals surface area (Å²) < 4.78 is 4.96. The second-order valence-corrected chi connectivity index (χ2v) is 4.40. The third-order valence-electron chi connectivity index (χ3n) is 2.78. The average Bonchev–Trinajstić information content (AvgIpc) is 2.54. The van der Waals surface area contributed by atoms with Gasteiger partial charge in [-0.05, 0) is 24.6 Å². The lowest BCUT2D eigenvalue weighted by Gasteiger charge is -2.07. The number of amides is 1. The number of ether oxygens (including phenoxy) is 1. The van der Waals surface area contributed by atoms with Crippen molar-refractivity contribution in [1.29, 1.82) is 0 Å². The van der Waals surface area contributed by atoms with Gasteiger partial charge in [-0.3, -0.25) is 4.79 Å². The Hall–Kier alpha value is -2.63. The lowest BCUT2D eigenvalue weighted by molar-refractivity contribution is 0.102. The molecule has 110 valence electrons. The lowest BCUT2D eigenvalue weighted by Crippen LogP contribution is -2.14. The molecule has 0 aliphatic heterocycles. The summed E-state index contributed by atoms with van der Waals surface area (Å²) in [5.41, 5.74) is 1.85. The van der Waals surface area contributed by atoms with E-state index in [0.29, 0.717) is 17.3 Å². The predicted octanol–water partition coefficient (Wildman–Crippen LogP) is 2.56. The minimum atomic E-state index is -0.274. The fourth-order valence-corrected chi connectivity index (χ4v) is 1.67. The molecule has 2 aromatic heterocycles. The highest BCUT2D eigenvalue weighted by Gasteiger charge is 2.08. The number of hydrogen-bond acceptors (Lipinski definition) is 5. The van der Waals surface area contributed by atoms with Crippen molar-refractivity contribution in [2.24, 2.45) is 0 Å². The SMILES string of the molecule is CCCNc1ccc(C(=O)Nc2ccc(OC)nc2)nc1. The quantitative estimate of drug-likeness (QED) is 0.853. The predicted molar refractivity (Wildman–Crippen MR) is 81.8 cm³/mol. The van der Waals surface area contributed by atoms with Crippen LogP contribution in [0.15, 0.2) is 36.7 Å². The van der Waals surface area contributed by atoms with E-state index < -0.39 is 0 Å². The Morgan fingerprint density at radius 2 is 1.90 bits per heavy atom. The zero-order valence-corrected chi connectivity index (χ0v) is 12.1. The van der Waals surface area contributed by atoms with Gasteiger partial charge in [-0.2, -0.15) is 0 Å². The highest BCUT2D eigenvalue weighted by Crippen LogP contribution is 2.12. The van der Waals surface area contributed by atoms with E-state index in [4.69, 9.17) is 4.74 Å². The van der Waals surface area contributed by atoms with E-state index in [1.807, 2.05) is 6.07 Å². The van der Waals surface area contributed by atoms with Gasteiger partial charge in [0.15, 0.2) is 0 Å². The largest absolute Gasteiger partial charge is 0.481 e. The molecule has 2 N–H and O–H groups in total. The Balaban J connectivity index is 1.98. The van der Waals surface area contributed by atoms with Crippen LogP contribution in [0.4, 0.5) is 11.4 Å². The van der Waals surface area contributed by atoms with Crippen LogP contribution in [-0.4, -0.2) is 29.5 Å². The average molecular weight is 286 g/mol. The normalized spacial score (nSPS) is 10.0. The first-order valence-corrected chi connectivity index (χ1v) is 6.74. The summed E-state index contributed by atoms with van der Waals surface area (Å²) in [5, 5.41) is 5.94. The van der Waals surface area contributed by atoms with Crippen LogP contribution in [0.1, 0.15) is 23.8 Å².